The zero-order valence-electron chi connectivity index (χ0n) is 18.0. The number of Topliss-reactive ketones (excluding diaryl/α,β-unsaturated/α-hetero) is 1. The molecule has 2 aromatic carbocycles. The zero-order chi connectivity index (χ0) is 23.1. The van der Waals surface area contributed by atoms with Crippen LogP contribution >= 0.6 is 31.9 Å². The summed E-state index contributed by atoms with van der Waals surface area (Å²) >= 11 is 7.09. The maximum atomic E-state index is 14.3. The Kier molecular flexibility index (Phi) is 6.34. The Bertz CT molecular complexity index is 1030. The smallest absolute Gasteiger partial charge is 0.320 e. The van der Waals surface area contributed by atoms with Gasteiger partial charge in [0.1, 0.15) is 10.8 Å². The van der Waals surface area contributed by atoms with Crippen molar-refractivity contribution >= 4 is 49.6 Å². The third-order valence-electron chi connectivity index (χ3n) is 6.92. The fourth-order valence-corrected chi connectivity index (χ4v) is 6.39. The summed E-state index contributed by atoms with van der Waals surface area (Å²) in [7, 11) is 2.59. The molecular formula is C25H24Br2O5. The van der Waals surface area contributed by atoms with Crippen LogP contribution in [0.15, 0.2) is 36.4 Å². The number of rotatable bonds is 4. The lowest BCUT2D eigenvalue weighted by Crippen LogP contribution is -2.54. The van der Waals surface area contributed by atoms with E-state index in [2.05, 4.69) is 31.9 Å². The van der Waals surface area contributed by atoms with Crippen LogP contribution in [0.5, 0.6) is 0 Å². The monoisotopic (exact) mass is 562 g/mol. The van der Waals surface area contributed by atoms with Crippen LogP contribution < -0.4 is 0 Å². The maximum absolute atomic E-state index is 14.3. The Balaban J connectivity index is 2.06. The number of carbonyl (C=O) groups excluding carboxylic acids is 3. The summed E-state index contributed by atoms with van der Waals surface area (Å²) in [6.07, 6.45) is 0.750. The molecular weight excluding hydrogens is 540 g/mol. The molecule has 0 fully saturated rings. The molecule has 0 spiro atoms. The maximum Gasteiger partial charge on any atom is 0.320 e. The van der Waals surface area contributed by atoms with E-state index in [9.17, 15) is 14.4 Å². The van der Waals surface area contributed by atoms with Gasteiger partial charge in [-0.3, -0.25) is 14.4 Å². The highest BCUT2D eigenvalue weighted by atomic mass is 79.9. The first kappa shape index (κ1) is 23.2. The molecule has 2 bridgehead atoms. The van der Waals surface area contributed by atoms with Crippen molar-refractivity contribution in [3.05, 3.63) is 69.8 Å². The number of hydrogen-bond acceptors (Lipinski definition) is 5. The largest absolute Gasteiger partial charge is 0.468 e. The lowest BCUT2D eigenvalue weighted by molar-refractivity contribution is -0.168. The number of hydrogen-bond donors (Lipinski definition) is 0. The van der Waals surface area contributed by atoms with Crippen molar-refractivity contribution < 1.29 is 23.9 Å². The van der Waals surface area contributed by atoms with Gasteiger partial charge in [-0.05, 0) is 59.1 Å². The molecule has 2 aliphatic rings. The second kappa shape index (κ2) is 8.75. The lowest BCUT2D eigenvalue weighted by atomic mass is 9.66. The number of halogens is 2. The minimum atomic E-state index is -1.50. The summed E-state index contributed by atoms with van der Waals surface area (Å²) in [5.41, 5.74) is 2.73. The van der Waals surface area contributed by atoms with Crippen LogP contribution in [0, 0.1) is 10.8 Å². The van der Waals surface area contributed by atoms with Gasteiger partial charge in [-0.15, -0.1) is 0 Å². The van der Waals surface area contributed by atoms with E-state index in [-0.39, 0.29) is 25.7 Å². The summed E-state index contributed by atoms with van der Waals surface area (Å²) in [5, 5.41) is 1.29. The number of ether oxygens (including phenoxy) is 2. The molecule has 0 aromatic heterocycles. The first-order valence-corrected chi connectivity index (χ1v) is 12.6. The van der Waals surface area contributed by atoms with Crippen LogP contribution in [0.2, 0.25) is 0 Å². The molecule has 2 unspecified atom stereocenters. The van der Waals surface area contributed by atoms with Crippen molar-refractivity contribution in [3.8, 4) is 0 Å². The van der Waals surface area contributed by atoms with E-state index in [0.29, 0.717) is 10.7 Å². The molecule has 0 N–H and O–H groups in total. The Morgan fingerprint density at radius 1 is 0.781 bits per heavy atom. The molecule has 168 valence electrons. The number of carbonyl (C=O) groups is 3. The van der Waals surface area contributed by atoms with Crippen LogP contribution in [0.1, 0.15) is 33.4 Å². The van der Waals surface area contributed by atoms with E-state index < -0.39 is 28.6 Å². The predicted octanol–water partition coefficient (Wildman–Crippen LogP) is 4.26. The quantitative estimate of drug-likeness (QED) is 0.316. The van der Waals surface area contributed by atoms with Gasteiger partial charge in [0.2, 0.25) is 0 Å². The Morgan fingerprint density at radius 3 is 1.50 bits per heavy atom. The van der Waals surface area contributed by atoms with Crippen molar-refractivity contribution in [1.29, 1.82) is 0 Å². The van der Waals surface area contributed by atoms with Crippen LogP contribution in [-0.4, -0.2) is 31.9 Å². The Morgan fingerprint density at radius 2 is 1.16 bits per heavy atom. The normalized spacial score (nSPS) is 23.9. The van der Waals surface area contributed by atoms with Gasteiger partial charge in [0, 0.05) is 10.7 Å². The summed E-state index contributed by atoms with van der Waals surface area (Å²) in [6, 6.07) is 11.7. The van der Waals surface area contributed by atoms with Crippen molar-refractivity contribution in [2.24, 2.45) is 10.8 Å². The molecule has 0 aliphatic heterocycles. The standard InChI is InChI=1S/C25H24Br2O5/c1-31-22(29)24-9-15-5-3-4-6-16(15)10-25(21(24)28,23(30)32-2)12-18-8-20(14-27)19(13-26)7-17(18)11-24/h3-8H,9-14H2,1-2H3. The van der Waals surface area contributed by atoms with E-state index in [0.717, 1.165) is 33.4 Å². The van der Waals surface area contributed by atoms with Crippen molar-refractivity contribution in [1.82, 2.24) is 0 Å². The minimum absolute atomic E-state index is 0.184. The first-order valence-electron chi connectivity index (χ1n) is 10.4. The van der Waals surface area contributed by atoms with Crippen LogP contribution in [-0.2, 0) is 60.2 Å². The number of esters is 2. The van der Waals surface area contributed by atoms with Gasteiger partial charge in [0.25, 0.3) is 0 Å². The molecule has 32 heavy (non-hydrogen) atoms. The van der Waals surface area contributed by atoms with Crippen molar-refractivity contribution in [2.45, 2.75) is 36.3 Å². The fraction of sp³-hybridized carbons (Fsp3) is 0.400. The summed E-state index contributed by atoms with van der Waals surface area (Å²) in [5.74, 6) is -1.62. The van der Waals surface area contributed by atoms with Crippen LogP contribution in [0.4, 0.5) is 0 Å². The van der Waals surface area contributed by atoms with Crippen molar-refractivity contribution in [3.63, 3.8) is 0 Å². The number of benzene rings is 2. The SMILES string of the molecule is COC(=O)C12Cc3ccccc3CC(C(=O)OC)(Cc3cc(CBr)c(CBr)cc3C1)C2=O. The average molecular weight is 564 g/mol. The predicted molar refractivity (Wildman–Crippen MR) is 127 cm³/mol. The third-order valence-corrected chi connectivity index (χ3v) is 8.13. The average Bonchev–Trinajstić information content (AvgIpc) is 2.99. The van der Waals surface area contributed by atoms with Crippen LogP contribution in [0.25, 0.3) is 0 Å². The first-order chi connectivity index (χ1) is 15.3. The molecule has 0 heterocycles. The van der Waals surface area contributed by atoms with E-state index in [4.69, 9.17) is 9.47 Å². The highest BCUT2D eigenvalue weighted by molar-refractivity contribution is 9.09. The molecule has 0 saturated heterocycles. The highest BCUT2D eigenvalue weighted by Gasteiger charge is 2.62. The van der Waals surface area contributed by atoms with E-state index in [1.54, 1.807) is 0 Å². The molecule has 7 heteroatoms. The molecule has 2 aromatic rings. The molecule has 0 saturated carbocycles. The van der Waals surface area contributed by atoms with E-state index in [1.807, 2.05) is 36.4 Å². The number of alkyl halides is 2. The van der Waals surface area contributed by atoms with E-state index >= 15 is 0 Å². The Hall–Kier alpha value is -1.99. The molecule has 0 amide bonds. The molecule has 2 atom stereocenters. The van der Waals surface area contributed by atoms with Gasteiger partial charge in [0.15, 0.2) is 5.78 Å². The van der Waals surface area contributed by atoms with Gasteiger partial charge in [-0.25, -0.2) is 0 Å². The van der Waals surface area contributed by atoms with Gasteiger partial charge in [-0.2, -0.15) is 0 Å². The van der Waals surface area contributed by atoms with Gasteiger partial charge < -0.3 is 9.47 Å². The minimum Gasteiger partial charge on any atom is -0.468 e. The van der Waals surface area contributed by atoms with E-state index in [1.165, 1.54) is 14.2 Å². The molecule has 0 radical (unpaired) electrons. The number of methoxy groups -OCH3 is 2. The molecule has 4 rings (SSSR count). The lowest BCUT2D eigenvalue weighted by Gasteiger charge is -2.34. The van der Waals surface area contributed by atoms with Gasteiger partial charge >= 0.3 is 11.9 Å². The summed E-state index contributed by atoms with van der Waals surface area (Å²) < 4.78 is 10.4. The Labute approximate surface area is 204 Å². The topological polar surface area (TPSA) is 69.7 Å². The second-order valence-corrected chi connectivity index (χ2v) is 9.73. The van der Waals surface area contributed by atoms with Crippen LogP contribution in [0.3, 0.4) is 0 Å². The number of fused-ring (bicyclic) bond motifs is 4. The second-order valence-electron chi connectivity index (χ2n) is 8.61. The summed E-state index contributed by atoms with van der Waals surface area (Å²) in [6.45, 7) is 0. The molecule has 2 aliphatic carbocycles. The fourth-order valence-electron chi connectivity index (χ4n) is 5.34. The van der Waals surface area contributed by atoms with Crippen molar-refractivity contribution in [2.75, 3.05) is 14.2 Å². The third kappa shape index (κ3) is 3.45. The number of ketones is 1. The molecule has 5 nitrogen and oxygen atoms in total. The van der Waals surface area contributed by atoms with Gasteiger partial charge in [0.05, 0.1) is 14.2 Å². The highest BCUT2D eigenvalue weighted by Crippen LogP contribution is 2.49. The van der Waals surface area contributed by atoms with Gasteiger partial charge in [-0.1, -0.05) is 68.3 Å². The zero-order valence-corrected chi connectivity index (χ0v) is 21.2. The summed E-state index contributed by atoms with van der Waals surface area (Å²) in [4.78, 5) is 41.0.